The molecule has 1 saturated heterocycles. The molecule has 8 heteroatoms. The number of aromatic nitrogens is 1. The van der Waals surface area contributed by atoms with Crippen LogP contribution in [0.5, 0.6) is 0 Å². The molecule has 1 amide bonds. The first kappa shape index (κ1) is 15.7. The van der Waals surface area contributed by atoms with Gasteiger partial charge in [-0.2, -0.15) is 0 Å². The third-order valence-corrected chi connectivity index (χ3v) is 3.43. The van der Waals surface area contributed by atoms with Gasteiger partial charge >= 0.3 is 5.69 Å². The van der Waals surface area contributed by atoms with Crippen molar-refractivity contribution in [2.24, 2.45) is 0 Å². The lowest BCUT2D eigenvalue weighted by molar-refractivity contribution is -0.385. The lowest BCUT2D eigenvalue weighted by Crippen LogP contribution is -2.53. The molecule has 1 fully saturated rings. The van der Waals surface area contributed by atoms with Crippen LogP contribution in [0.2, 0.25) is 5.15 Å². The van der Waals surface area contributed by atoms with E-state index in [1.54, 1.807) is 4.90 Å². The Labute approximate surface area is 127 Å². The van der Waals surface area contributed by atoms with Crippen LogP contribution in [0.1, 0.15) is 31.1 Å². The minimum atomic E-state index is -0.683. The summed E-state index contributed by atoms with van der Waals surface area (Å²) in [6.07, 6.45) is 1.14. The molecule has 1 atom stereocenters. The predicted molar refractivity (Wildman–Crippen MR) is 76.4 cm³/mol. The average molecular weight is 314 g/mol. The van der Waals surface area contributed by atoms with Crippen molar-refractivity contribution in [3.05, 3.63) is 33.1 Å². The van der Waals surface area contributed by atoms with E-state index >= 15 is 0 Å². The van der Waals surface area contributed by atoms with E-state index in [9.17, 15) is 14.9 Å². The number of hydrogen-bond acceptors (Lipinski definition) is 5. The number of carbonyl (C=O) groups is 1. The van der Waals surface area contributed by atoms with E-state index in [1.165, 1.54) is 12.3 Å². The number of nitrogens with zero attached hydrogens (tertiary/aromatic N) is 3. The van der Waals surface area contributed by atoms with Gasteiger partial charge in [-0.25, -0.2) is 4.98 Å². The Bertz CT molecular complexity index is 591. The van der Waals surface area contributed by atoms with Crippen LogP contribution in [0, 0.1) is 10.1 Å². The second-order valence-electron chi connectivity index (χ2n) is 5.63. The molecule has 1 aromatic rings. The minimum Gasteiger partial charge on any atom is -0.369 e. The highest BCUT2D eigenvalue weighted by Gasteiger charge is 2.36. The van der Waals surface area contributed by atoms with Crippen molar-refractivity contribution in [1.29, 1.82) is 0 Å². The number of ether oxygens (including phenoxy) is 1. The number of rotatable bonds is 2. The largest absolute Gasteiger partial charge is 0.369 e. The molecular weight excluding hydrogens is 298 g/mol. The first-order valence-corrected chi connectivity index (χ1v) is 6.85. The number of pyridine rings is 1. The summed E-state index contributed by atoms with van der Waals surface area (Å²) >= 11 is 5.74. The standard InChI is InChI=1S/C13H16ClN3O4/c1-8-6-16(7-13(2,3)21-8)12(18)9-4-5-15-11(14)10(9)17(19)20/h4-5,8H,6-7H2,1-3H3. The zero-order valence-corrected chi connectivity index (χ0v) is 12.8. The maximum Gasteiger partial charge on any atom is 0.319 e. The molecule has 0 saturated carbocycles. The highest BCUT2D eigenvalue weighted by atomic mass is 35.5. The molecule has 7 nitrogen and oxygen atoms in total. The third-order valence-electron chi connectivity index (χ3n) is 3.15. The van der Waals surface area contributed by atoms with Crippen molar-refractivity contribution in [3.63, 3.8) is 0 Å². The van der Waals surface area contributed by atoms with Crippen molar-refractivity contribution >= 4 is 23.2 Å². The maximum absolute atomic E-state index is 12.6. The third kappa shape index (κ3) is 3.30. The Morgan fingerprint density at radius 3 is 2.86 bits per heavy atom. The molecule has 21 heavy (non-hydrogen) atoms. The van der Waals surface area contributed by atoms with Gasteiger partial charge in [0.05, 0.1) is 16.6 Å². The van der Waals surface area contributed by atoms with Crippen LogP contribution < -0.4 is 0 Å². The highest BCUT2D eigenvalue weighted by molar-refractivity contribution is 6.32. The summed E-state index contributed by atoms with van der Waals surface area (Å²) in [5.74, 6) is -0.436. The van der Waals surface area contributed by atoms with E-state index in [0.717, 1.165) is 0 Å². The number of carbonyl (C=O) groups excluding carboxylic acids is 1. The summed E-state index contributed by atoms with van der Waals surface area (Å²) in [7, 11) is 0. The zero-order valence-electron chi connectivity index (χ0n) is 12.0. The first-order chi connectivity index (χ1) is 9.71. The number of hydrogen-bond donors (Lipinski definition) is 0. The van der Waals surface area contributed by atoms with Crippen LogP contribution in [0.3, 0.4) is 0 Å². The van der Waals surface area contributed by atoms with Gasteiger partial charge in [0.25, 0.3) is 5.91 Å². The van der Waals surface area contributed by atoms with Gasteiger partial charge < -0.3 is 9.64 Å². The van der Waals surface area contributed by atoms with E-state index in [4.69, 9.17) is 16.3 Å². The average Bonchev–Trinajstić information content (AvgIpc) is 2.34. The summed E-state index contributed by atoms with van der Waals surface area (Å²) in [6, 6.07) is 1.32. The fraction of sp³-hybridized carbons (Fsp3) is 0.538. The lowest BCUT2D eigenvalue weighted by atomic mass is 10.0. The molecule has 1 aromatic heterocycles. The molecule has 2 heterocycles. The van der Waals surface area contributed by atoms with Gasteiger partial charge in [0, 0.05) is 19.3 Å². The summed E-state index contributed by atoms with van der Waals surface area (Å²) in [5, 5.41) is 10.8. The van der Waals surface area contributed by atoms with Gasteiger partial charge in [-0.3, -0.25) is 14.9 Å². The second-order valence-corrected chi connectivity index (χ2v) is 5.99. The number of amides is 1. The summed E-state index contributed by atoms with van der Waals surface area (Å²) in [4.78, 5) is 28.2. The summed E-state index contributed by atoms with van der Waals surface area (Å²) in [6.45, 7) is 6.33. The summed E-state index contributed by atoms with van der Waals surface area (Å²) < 4.78 is 5.73. The van der Waals surface area contributed by atoms with Gasteiger partial charge in [0.2, 0.25) is 5.15 Å². The highest BCUT2D eigenvalue weighted by Crippen LogP contribution is 2.29. The van der Waals surface area contributed by atoms with E-state index in [1.807, 2.05) is 20.8 Å². The van der Waals surface area contributed by atoms with E-state index < -0.39 is 22.1 Å². The van der Waals surface area contributed by atoms with Crippen LogP contribution in [0.25, 0.3) is 0 Å². The Kier molecular flexibility index (Phi) is 4.15. The van der Waals surface area contributed by atoms with Gasteiger partial charge in [0.15, 0.2) is 0 Å². The molecule has 0 radical (unpaired) electrons. The van der Waals surface area contributed by atoms with Crippen LogP contribution in [0.4, 0.5) is 5.69 Å². The number of halogens is 1. The van der Waals surface area contributed by atoms with Crippen LogP contribution in [-0.4, -0.2) is 45.5 Å². The molecule has 0 aromatic carbocycles. The van der Waals surface area contributed by atoms with E-state index in [0.29, 0.717) is 13.1 Å². The van der Waals surface area contributed by atoms with Crippen LogP contribution >= 0.6 is 11.6 Å². The molecule has 114 valence electrons. The van der Waals surface area contributed by atoms with Gasteiger partial charge in [-0.1, -0.05) is 11.6 Å². The fourth-order valence-electron chi connectivity index (χ4n) is 2.55. The number of nitro groups is 1. The Hall–Kier alpha value is -1.73. The molecule has 0 aliphatic carbocycles. The molecule has 1 aliphatic rings. The van der Waals surface area contributed by atoms with Gasteiger partial charge in [-0.15, -0.1) is 0 Å². The molecule has 2 rings (SSSR count). The van der Waals surface area contributed by atoms with Crippen molar-refractivity contribution in [2.45, 2.75) is 32.5 Å². The zero-order chi connectivity index (χ0) is 15.8. The SMILES string of the molecule is CC1CN(C(=O)c2ccnc(Cl)c2[N+](=O)[O-])CC(C)(C)O1. The fourth-order valence-corrected chi connectivity index (χ4v) is 2.78. The Morgan fingerprint density at radius 2 is 2.29 bits per heavy atom. The quantitative estimate of drug-likeness (QED) is 0.475. The van der Waals surface area contributed by atoms with Crippen LogP contribution in [-0.2, 0) is 4.74 Å². The lowest BCUT2D eigenvalue weighted by Gasteiger charge is -2.41. The molecule has 1 unspecified atom stereocenters. The Morgan fingerprint density at radius 1 is 1.62 bits per heavy atom. The normalized spacial score (nSPS) is 21.1. The van der Waals surface area contributed by atoms with Crippen molar-refractivity contribution in [1.82, 2.24) is 9.88 Å². The van der Waals surface area contributed by atoms with E-state index in [2.05, 4.69) is 4.98 Å². The maximum atomic E-state index is 12.6. The van der Waals surface area contributed by atoms with Gasteiger partial charge in [-0.05, 0) is 26.8 Å². The minimum absolute atomic E-state index is 0.0510. The molecule has 0 N–H and O–H groups in total. The smallest absolute Gasteiger partial charge is 0.319 e. The van der Waals surface area contributed by atoms with Gasteiger partial charge in [0.1, 0.15) is 5.56 Å². The van der Waals surface area contributed by atoms with Crippen molar-refractivity contribution in [2.75, 3.05) is 13.1 Å². The monoisotopic (exact) mass is 313 g/mol. The molecule has 0 bridgehead atoms. The first-order valence-electron chi connectivity index (χ1n) is 6.47. The molecular formula is C13H16ClN3O4. The van der Waals surface area contributed by atoms with Crippen molar-refractivity contribution < 1.29 is 14.5 Å². The molecule has 0 spiro atoms. The van der Waals surface area contributed by atoms with E-state index in [-0.39, 0.29) is 16.8 Å². The topological polar surface area (TPSA) is 85.6 Å². The Balaban J connectivity index is 2.37. The van der Waals surface area contributed by atoms with Crippen LogP contribution in [0.15, 0.2) is 12.3 Å². The number of morpholine rings is 1. The summed E-state index contributed by atoms with van der Waals surface area (Å²) in [5.41, 5.74) is -1.01. The van der Waals surface area contributed by atoms with Crippen molar-refractivity contribution in [3.8, 4) is 0 Å². The second kappa shape index (κ2) is 5.57. The molecule has 1 aliphatic heterocycles. The predicted octanol–water partition coefficient (Wildman–Crippen LogP) is 2.28.